The first-order valence-corrected chi connectivity index (χ1v) is 7.05. The Morgan fingerprint density at radius 3 is 2.78 bits per heavy atom. The Morgan fingerprint density at radius 2 is 2.04 bits per heavy atom. The van der Waals surface area contributed by atoms with Gasteiger partial charge in [-0.15, -0.1) is 0 Å². The van der Waals surface area contributed by atoms with Crippen LogP contribution >= 0.6 is 0 Å². The molecule has 118 valence electrons. The van der Waals surface area contributed by atoms with Gasteiger partial charge in [0.25, 0.3) is 5.56 Å². The molecule has 0 radical (unpaired) electrons. The molecule has 0 saturated heterocycles. The van der Waals surface area contributed by atoms with E-state index in [0.29, 0.717) is 12.1 Å². The predicted molar refractivity (Wildman–Crippen MR) is 86.0 cm³/mol. The number of ether oxygens (including phenoxy) is 2. The molecule has 0 spiro atoms. The van der Waals surface area contributed by atoms with Crippen LogP contribution in [0.1, 0.15) is 15.9 Å². The number of hydrogen-bond donors (Lipinski definition) is 1. The number of carbonyl (C=O) groups is 1. The van der Waals surface area contributed by atoms with Crippen molar-refractivity contribution in [2.75, 3.05) is 14.2 Å². The predicted octanol–water partition coefficient (Wildman–Crippen LogP) is 2.17. The van der Waals surface area contributed by atoms with E-state index in [1.807, 2.05) is 24.4 Å². The van der Waals surface area contributed by atoms with Crippen LogP contribution in [0.4, 0.5) is 0 Å². The summed E-state index contributed by atoms with van der Waals surface area (Å²) >= 11 is 0. The quantitative estimate of drug-likeness (QED) is 0.749. The smallest absolute Gasteiger partial charge is 0.339 e. The van der Waals surface area contributed by atoms with E-state index in [9.17, 15) is 9.59 Å². The van der Waals surface area contributed by atoms with Gasteiger partial charge in [0.05, 0.1) is 26.3 Å². The van der Waals surface area contributed by atoms with Crippen LogP contribution in [0.25, 0.3) is 10.9 Å². The largest absolute Gasteiger partial charge is 0.497 e. The molecule has 0 amide bonds. The second-order valence-corrected chi connectivity index (χ2v) is 5.10. The third-order valence-electron chi connectivity index (χ3n) is 3.72. The lowest BCUT2D eigenvalue weighted by Crippen LogP contribution is -2.21. The Hall–Kier alpha value is -3.02. The maximum Gasteiger partial charge on any atom is 0.339 e. The molecule has 2 heterocycles. The molecule has 0 bridgehead atoms. The molecule has 0 saturated carbocycles. The maximum absolute atomic E-state index is 12.0. The summed E-state index contributed by atoms with van der Waals surface area (Å²) in [7, 11) is 2.92. The molecule has 0 unspecified atom stereocenters. The number of H-pyrrole nitrogens is 1. The van der Waals surface area contributed by atoms with Crippen molar-refractivity contribution >= 4 is 16.9 Å². The van der Waals surface area contributed by atoms with Crippen LogP contribution in [0.5, 0.6) is 5.75 Å². The number of fused-ring (bicyclic) bond motifs is 1. The van der Waals surface area contributed by atoms with Crippen LogP contribution in [-0.4, -0.2) is 29.7 Å². The zero-order valence-electron chi connectivity index (χ0n) is 12.8. The molecular weight excluding hydrogens is 296 g/mol. The van der Waals surface area contributed by atoms with E-state index in [2.05, 4.69) is 9.72 Å². The standard InChI is InChI=1S/C17H16N2O4/c1-22-13-4-5-15-14(7-13)12(8-18-15)10-19-9-11(17(21)23-2)3-6-16(19)20/h3-9,18H,10H2,1-2H3. The van der Waals surface area contributed by atoms with E-state index < -0.39 is 5.97 Å². The third-order valence-corrected chi connectivity index (χ3v) is 3.72. The van der Waals surface area contributed by atoms with Crippen molar-refractivity contribution in [1.29, 1.82) is 0 Å². The Morgan fingerprint density at radius 1 is 1.22 bits per heavy atom. The van der Waals surface area contributed by atoms with E-state index in [4.69, 9.17) is 4.74 Å². The summed E-state index contributed by atoms with van der Waals surface area (Å²) in [4.78, 5) is 26.8. The summed E-state index contributed by atoms with van der Waals surface area (Å²) in [5.74, 6) is 0.272. The van der Waals surface area contributed by atoms with Crippen LogP contribution in [0.3, 0.4) is 0 Å². The van der Waals surface area contributed by atoms with Crippen molar-refractivity contribution in [3.8, 4) is 5.75 Å². The number of nitrogens with zero attached hydrogens (tertiary/aromatic N) is 1. The van der Waals surface area contributed by atoms with Crippen LogP contribution in [0.2, 0.25) is 0 Å². The van der Waals surface area contributed by atoms with Crippen molar-refractivity contribution in [1.82, 2.24) is 9.55 Å². The first-order chi connectivity index (χ1) is 11.1. The van der Waals surface area contributed by atoms with Gasteiger partial charge in [0.2, 0.25) is 0 Å². The summed E-state index contributed by atoms with van der Waals surface area (Å²) in [5.41, 5.74) is 2.04. The van der Waals surface area contributed by atoms with Crippen molar-refractivity contribution in [3.05, 3.63) is 64.2 Å². The Kier molecular flexibility index (Phi) is 3.89. The van der Waals surface area contributed by atoms with Gasteiger partial charge in [0, 0.05) is 29.4 Å². The lowest BCUT2D eigenvalue weighted by atomic mass is 10.1. The molecule has 0 aliphatic rings. The molecule has 23 heavy (non-hydrogen) atoms. The SMILES string of the molecule is COC(=O)c1ccc(=O)n(Cc2c[nH]c3ccc(OC)cc23)c1. The lowest BCUT2D eigenvalue weighted by molar-refractivity contribution is 0.0599. The molecule has 6 nitrogen and oxygen atoms in total. The number of aromatic nitrogens is 2. The topological polar surface area (TPSA) is 73.3 Å². The van der Waals surface area contributed by atoms with E-state index >= 15 is 0 Å². The second kappa shape index (κ2) is 6.00. The highest BCUT2D eigenvalue weighted by Gasteiger charge is 2.10. The highest BCUT2D eigenvalue weighted by Crippen LogP contribution is 2.24. The number of methoxy groups -OCH3 is 2. The van der Waals surface area contributed by atoms with Gasteiger partial charge < -0.3 is 19.0 Å². The van der Waals surface area contributed by atoms with Gasteiger partial charge in [0.15, 0.2) is 0 Å². The Labute approximate surface area is 132 Å². The van der Waals surface area contributed by atoms with Crippen molar-refractivity contribution in [2.45, 2.75) is 6.54 Å². The Balaban J connectivity index is 2.02. The highest BCUT2D eigenvalue weighted by molar-refractivity contribution is 5.89. The monoisotopic (exact) mass is 312 g/mol. The van der Waals surface area contributed by atoms with Crippen LogP contribution < -0.4 is 10.3 Å². The van der Waals surface area contributed by atoms with Gasteiger partial charge in [-0.05, 0) is 29.8 Å². The molecule has 1 aromatic carbocycles. The summed E-state index contributed by atoms with van der Waals surface area (Å²) < 4.78 is 11.4. The molecule has 3 rings (SSSR count). The van der Waals surface area contributed by atoms with Crippen molar-refractivity contribution < 1.29 is 14.3 Å². The number of aromatic amines is 1. The minimum atomic E-state index is -0.473. The molecule has 3 aromatic rings. The number of pyridine rings is 1. The molecule has 6 heteroatoms. The average Bonchev–Trinajstić information content (AvgIpc) is 2.98. The van der Waals surface area contributed by atoms with Crippen LogP contribution in [0.15, 0.2) is 47.5 Å². The average molecular weight is 312 g/mol. The molecule has 0 fully saturated rings. The van der Waals surface area contributed by atoms with E-state index in [0.717, 1.165) is 22.2 Å². The molecule has 2 aromatic heterocycles. The molecule has 0 aliphatic heterocycles. The van der Waals surface area contributed by atoms with Gasteiger partial charge in [-0.1, -0.05) is 0 Å². The summed E-state index contributed by atoms with van der Waals surface area (Å²) in [6.45, 7) is 0.344. The normalized spacial score (nSPS) is 10.7. The zero-order chi connectivity index (χ0) is 16.4. The lowest BCUT2D eigenvalue weighted by Gasteiger charge is -2.07. The molecule has 1 N–H and O–H groups in total. The highest BCUT2D eigenvalue weighted by atomic mass is 16.5. The number of benzene rings is 1. The zero-order valence-corrected chi connectivity index (χ0v) is 12.8. The minimum Gasteiger partial charge on any atom is -0.497 e. The number of hydrogen-bond acceptors (Lipinski definition) is 4. The molecule has 0 atom stereocenters. The maximum atomic E-state index is 12.0. The second-order valence-electron chi connectivity index (χ2n) is 5.10. The van der Waals surface area contributed by atoms with E-state index in [1.54, 1.807) is 7.11 Å². The molecule has 0 aliphatic carbocycles. The fourth-order valence-electron chi connectivity index (χ4n) is 2.49. The first-order valence-electron chi connectivity index (χ1n) is 7.05. The van der Waals surface area contributed by atoms with E-state index in [-0.39, 0.29) is 5.56 Å². The number of rotatable bonds is 4. The first kappa shape index (κ1) is 14.9. The van der Waals surface area contributed by atoms with Crippen molar-refractivity contribution in [3.63, 3.8) is 0 Å². The number of esters is 1. The van der Waals surface area contributed by atoms with E-state index in [1.165, 1.54) is 30.0 Å². The third kappa shape index (κ3) is 2.83. The van der Waals surface area contributed by atoms with Gasteiger partial charge >= 0.3 is 5.97 Å². The Bertz CT molecular complexity index is 924. The van der Waals surface area contributed by atoms with Gasteiger partial charge in [0.1, 0.15) is 5.75 Å². The number of nitrogens with one attached hydrogen (secondary N) is 1. The van der Waals surface area contributed by atoms with Crippen LogP contribution in [0, 0.1) is 0 Å². The number of carbonyl (C=O) groups excluding carboxylic acids is 1. The molecular formula is C17H16N2O4. The minimum absolute atomic E-state index is 0.185. The fraction of sp³-hybridized carbons (Fsp3) is 0.176. The summed E-state index contributed by atoms with van der Waals surface area (Å²) in [5, 5.41) is 0.972. The van der Waals surface area contributed by atoms with Crippen LogP contribution in [-0.2, 0) is 11.3 Å². The fourth-order valence-corrected chi connectivity index (χ4v) is 2.49. The summed E-state index contributed by atoms with van der Waals surface area (Å²) in [6, 6.07) is 8.53. The van der Waals surface area contributed by atoms with Gasteiger partial charge in [-0.3, -0.25) is 4.79 Å². The van der Waals surface area contributed by atoms with Crippen molar-refractivity contribution in [2.24, 2.45) is 0 Å². The van der Waals surface area contributed by atoms with Gasteiger partial charge in [-0.2, -0.15) is 0 Å². The van der Waals surface area contributed by atoms with Gasteiger partial charge in [-0.25, -0.2) is 4.79 Å². The summed E-state index contributed by atoms with van der Waals surface area (Å²) in [6.07, 6.45) is 3.36.